The molecule has 0 unspecified atom stereocenters. The first-order valence-electron chi connectivity index (χ1n) is 28.0. The van der Waals surface area contributed by atoms with Gasteiger partial charge in [0.25, 0.3) is 0 Å². The second-order valence-electron chi connectivity index (χ2n) is 11.5. The van der Waals surface area contributed by atoms with E-state index >= 15 is 0 Å². The highest BCUT2D eigenvalue weighted by atomic mass is 15.0. The zero-order valence-corrected chi connectivity index (χ0v) is 25.8. The van der Waals surface area contributed by atoms with E-state index < -0.39 is 217 Å². The Hall–Kier alpha value is -6.84. The highest BCUT2D eigenvalue weighted by molar-refractivity contribution is 6.14. The van der Waals surface area contributed by atoms with Crippen LogP contribution in [0.4, 0.5) is 0 Å². The Balaban J connectivity index is 1.35. The van der Waals surface area contributed by atoms with Crippen LogP contribution in [0, 0.1) is 0 Å². The van der Waals surface area contributed by atoms with Crippen LogP contribution in [-0.2, 0) is 0 Å². The normalized spacial score (nSPS) is 18.8. The average molecular weight is 675 g/mol. The van der Waals surface area contributed by atoms with E-state index in [-0.39, 0.29) is 21.8 Å². The second-order valence-corrected chi connectivity index (χ2v) is 11.5. The zero-order chi connectivity index (χ0) is 55.2. The van der Waals surface area contributed by atoms with Crippen molar-refractivity contribution < 1.29 is 34.3 Å². The Bertz CT molecular complexity index is 4540. The van der Waals surface area contributed by atoms with Crippen molar-refractivity contribution in [3.63, 3.8) is 0 Å². The highest BCUT2D eigenvalue weighted by Gasteiger charge is 2.18. The lowest BCUT2D eigenvalue weighted by atomic mass is 10.0. The summed E-state index contributed by atoms with van der Waals surface area (Å²) in [5, 5.41) is -2.33. The molecule has 0 saturated heterocycles. The van der Waals surface area contributed by atoms with E-state index in [4.69, 9.17) is 20.6 Å². The number of nitrogens with zero attached hydrogens (tertiary/aromatic N) is 3. The molecular weight excluding hydrogens is 619 g/mol. The molecule has 11 aromatic rings. The van der Waals surface area contributed by atoms with Gasteiger partial charge in [-0.05, 0) is 89.8 Å². The Kier molecular flexibility index (Phi) is 2.79. The maximum absolute atomic E-state index is 10.00. The molecule has 0 atom stereocenters. The molecule has 0 aliphatic heterocycles. The summed E-state index contributed by atoms with van der Waals surface area (Å²) in [6, 6.07) is -10.4. The molecule has 0 saturated carbocycles. The van der Waals surface area contributed by atoms with Crippen LogP contribution in [0.2, 0.25) is 0 Å². The molecule has 11 rings (SSSR count). The molecule has 3 heterocycles. The molecule has 0 aliphatic rings. The van der Waals surface area contributed by atoms with Crippen molar-refractivity contribution in [2.75, 3.05) is 0 Å². The molecule has 0 aliphatic carbocycles. The smallest absolute Gasteiger partial charge is 0.0667 e. The minimum atomic E-state index is -0.954. The molecule has 238 valence electrons. The number of hydrogen-bond donors (Lipinski definition) is 0. The van der Waals surface area contributed by atoms with Gasteiger partial charge in [-0.3, -0.25) is 0 Å². The number of rotatable bonds is 4. The van der Waals surface area contributed by atoms with Gasteiger partial charge in [0.1, 0.15) is 0 Å². The third-order valence-electron chi connectivity index (χ3n) is 8.74. The molecule has 3 aromatic heterocycles. The standard InChI is InChI=1S/C48H31N3/c1-3-13-34(14-4-1)49-44-21-11-8-18-38(44)41-29-32(23-27-46(41)49)33-24-28-47-42(30-33)39-19-9-12-22-45(39)51(47)36-25-26-40-37-17-7-10-20-43(37)50(48(40)31-36)35-15-5-2-6-16-35/h1-31H/i2D,5D,6D,7D,8D,9D,10D,11D,12D,15D,16D,17D,18D,19D,20D,21D,22D,23D,24D,25D,26D,28D,29D,30D,31D. The third-order valence-corrected chi connectivity index (χ3v) is 8.74. The first kappa shape index (κ1) is 13.1. The van der Waals surface area contributed by atoms with E-state index in [0.29, 0.717) is 5.69 Å². The lowest BCUT2D eigenvalue weighted by molar-refractivity contribution is 1.15. The van der Waals surface area contributed by atoms with Gasteiger partial charge in [-0.25, -0.2) is 0 Å². The molecule has 51 heavy (non-hydrogen) atoms. The van der Waals surface area contributed by atoms with Crippen LogP contribution in [0.5, 0.6) is 0 Å². The van der Waals surface area contributed by atoms with Crippen LogP contribution in [0.25, 0.3) is 93.6 Å². The Labute approximate surface area is 329 Å². The number of fused-ring (bicyclic) bond motifs is 9. The summed E-state index contributed by atoms with van der Waals surface area (Å²) < 4.78 is 230. The summed E-state index contributed by atoms with van der Waals surface area (Å²) in [6.07, 6.45) is 0. The van der Waals surface area contributed by atoms with Crippen LogP contribution in [0.3, 0.4) is 0 Å². The number of hydrogen-bond acceptors (Lipinski definition) is 0. The van der Waals surface area contributed by atoms with Crippen LogP contribution in [-0.4, -0.2) is 13.7 Å². The summed E-state index contributed by atoms with van der Waals surface area (Å²) in [4.78, 5) is 0. The van der Waals surface area contributed by atoms with Crippen molar-refractivity contribution in [3.05, 3.63) is 187 Å². The molecule has 0 spiro atoms. The van der Waals surface area contributed by atoms with Crippen molar-refractivity contribution in [1.82, 2.24) is 13.7 Å². The lowest BCUT2D eigenvalue weighted by Crippen LogP contribution is -1.96. The monoisotopic (exact) mass is 674 g/mol. The second kappa shape index (κ2) is 10.8. The fourth-order valence-electron chi connectivity index (χ4n) is 6.62. The Morgan fingerprint density at radius 3 is 1.49 bits per heavy atom. The molecule has 0 fully saturated rings. The molecule has 0 bridgehead atoms. The van der Waals surface area contributed by atoms with E-state index in [9.17, 15) is 13.7 Å². The van der Waals surface area contributed by atoms with Gasteiger partial charge in [-0.1, -0.05) is 109 Å². The maximum atomic E-state index is 10.00. The van der Waals surface area contributed by atoms with Gasteiger partial charge >= 0.3 is 0 Å². The van der Waals surface area contributed by atoms with Gasteiger partial charge in [0, 0.05) is 49.4 Å². The van der Waals surface area contributed by atoms with Gasteiger partial charge in [-0.2, -0.15) is 0 Å². The Morgan fingerprint density at radius 1 is 0.294 bits per heavy atom. The quantitative estimate of drug-likeness (QED) is 0.176. The first-order valence-corrected chi connectivity index (χ1v) is 15.5. The zero-order valence-electron chi connectivity index (χ0n) is 50.8. The molecule has 8 aromatic carbocycles. The highest BCUT2D eigenvalue weighted by Crippen LogP contribution is 2.40. The van der Waals surface area contributed by atoms with Gasteiger partial charge < -0.3 is 13.7 Å². The van der Waals surface area contributed by atoms with E-state index in [0.717, 1.165) is 9.13 Å². The minimum absolute atomic E-state index is 0.0583. The SMILES string of the molecule is [2H]c1cc2c(c([2H])c1-c1c([2H])c([2H])c3c(c1[2H])c1c([2H])c([2H])c([2H])c([2H])c1n3-c1c([2H])c([2H])c3c4c([2H])c([2H])c([2H])c([2H])c4n(-c4c([2H])c([2H])c([2H])c([2H])c4[2H])c3c1[2H])c1c([2H])c([2H])c([2H])c([2H])c1n2-c1ccccc1. The Morgan fingerprint density at radius 2 is 0.804 bits per heavy atom. The molecule has 0 N–H and O–H groups in total. The summed E-state index contributed by atoms with van der Waals surface area (Å²) in [6.45, 7) is 0. The van der Waals surface area contributed by atoms with E-state index in [1.807, 2.05) is 0 Å². The summed E-state index contributed by atoms with van der Waals surface area (Å²) in [5.41, 5.74) is -4.62. The molecule has 0 amide bonds. The topological polar surface area (TPSA) is 14.8 Å². The van der Waals surface area contributed by atoms with Crippen molar-refractivity contribution in [1.29, 1.82) is 0 Å². The summed E-state index contributed by atoms with van der Waals surface area (Å²) in [7, 11) is 0. The van der Waals surface area contributed by atoms with Gasteiger partial charge in [0.2, 0.25) is 0 Å². The number of para-hydroxylation sites is 5. The van der Waals surface area contributed by atoms with Crippen molar-refractivity contribution in [2.24, 2.45) is 0 Å². The first-order chi connectivity index (χ1) is 35.7. The fourth-order valence-corrected chi connectivity index (χ4v) is 6.62. The van der Waals surface area contributed by atoms with E-state index in [1.165, 1.54) is 10.6 Å². The van der Waals surface area contributed by atoms with Gasteiger partial charge in [0.15, 0.2) is 0 Å². The third kappa shape index (κ3) is 4.12. The molecular formula is C48H31N3. The van der Waals surface area contributed by atoms with Crippen LogP contribution >= 0.6 is 0 Å². The van der Waals surface area contributed by atoms with Crippen LogP contribution in [0.1, 0.15) is 34.3 Å². The van der Waals surface area contributed by atoms with Crippen molar-refractivity contribution in [2.45, 2.75) is 0 Å². The van der Waals surface area contributed by atoms with E-state index in [2.05, 4.69) is 0 Å². The van der Waals surface area contributed by atoms with Crippen LogP contribution in [0.15, 0.2) is 187 Å². The summed E-state index contributed by atoms with van der Waals surface area (Å²) >= 11 is 0. The summed E-state index contributed by atoms with van der Waals surface area (Å²) in [5.74, 6) is 0. The van der Waals surface area contributed by atoms with Gasteiger partial charge in [0.05, 0.1) is 67.4 Å². The molecule has 3 heteroatoms. The largest absolute Gasteiger partial charge is 0.309 e. The van der Waals surface area contributed by atoms with Crippen LogP contribution < -0.4 is 0 Å². The number of benzene rings is 8. The number of aromatic nitrogens is 3. The van der Waals surface area contributed by atoms with Crippen molar-refractivity contribution in [3.8, 4) is 28.2 Å². The van der Waals surface area contributed by atoms with E-state index in [1.54, 1.807) is 30.3 Å². The van der Waals surface area contributed by atoms with Crippen molar-refractivity contribution >= 4 is 65.4 Å². The fraction of sp³-hybridized carbons (Fsp3) is 0. The predicted octanol–water partition coefficient (Wildman–Crippen LogP) is 12.6. The lowest BCUT2D eigenvalue weighted by Gasteiger charge is -2.11. The average Bonchev–Trinajstić information content (AvgIpc) is 4.18. The molecule has 0 radical (unpaired) electrons. The molecule has 3 nitrogen and oxygen atoms in total. The predicted molar refractivity (Wildman–Crippen MR) is 215 cm³/mol. The van der Waals surface area contributed by atoms with Gasteiger partial charge in [-0.15, -0.1) is 0 Å². The minimum Gasteiger partial charge on any atom is -0.309 e. The maximum Gasteiger partial charge on any atom is 0.0667 e.